The first kappa shape index (κ1) is 17.5. The zero-order chi connectivity index (χ0) is 19.5. The number of furan rings is 2. The lowest BCUT2D eigenvalue weighted by molar-refractivity contribution is -0.126. The number of nitrogens with zero attached hydrogens (tertiary/aromatic N) is 2. The normalized spacial score (nSPS) is 11.0. The molecule has 2 amide bonds. The van der Waals surface area contributed by atoms with Crippen molar-refractivity contribution in [3.8, 4) is 0 Å². The van der Waals surface area contributed by atoms with Crippen molar-refractivity contribution in [1.82, 2.24) is 20.2 Å². The van der Waals surface area contributed by atoms with Gasteiger partial charge in [-0.1, -0.05) is 12.1 Å². The fraction of sp³-hybridized carbons (Fsp3) is 0.158. The van der Waals surface area contributed by atoms with Crippen molar-refractivity contribution in [2.75, 3.05) is 6.54 Å². The van der Waals surface area contributed by atoms with E-state index in [1.807, 2.05) is 12.1 Å². The maximum Gasteiger partial charge on any atom is 0.297 e. The van der Waals surface area contributed by atoms with Crippen molar-refractivity contribution >= 4 is 33.9 Å². The van der Waals surface area contributed by atoms with Crippen LogP contribution in [0.4, 0.5) is 0 Å². The predicted molar refractivity (Wildman–Crippen MR) is 99.3 cm³/mol. The molecule has 4 rings (SSSR count). The predicted octanol–water partition coefficient (Wildman–Crippen LogP) is 1.17. The number of para-hydroxylation sites is 1. The number of rotatable bonds is 6. The zero-order valence-electron chi connectivity index (χ0n) is 14.7. The second kappa shape index (κ2) is 7.39. The van der Waals surface area contributed by atoms with Crippen LogP contribution >= 0.6 is 0 Å². The quantitative estimate of drug-likeness (QED) is 0.518. The Hall–Kier alpha value is -3.88. The number of benzene rings is 1. The second-order valence-electron chi connectivity index (χ2n) is 6.09. The molecule has 0 aliphatic rings. The molecular weight excluding hydrogens is 364 g/mol. The number of carbonyl (C=O) groups excluding carboxylic acids is 2. The van der Waals surface area contributed by atoms with E-state index in [9.17, 15) is 14.4 Å². The molecule has 3 aromatic heterocycles. The van der Waals surface area contributed by atoms with Crippen LogP contribution in [0.5, 0.6) is 0 Å². The van der Waals surface area contributed by atoms with Crippen LogP contribution in [0.1, 0.15) is 5.76 Å². The molecule has 0 saturated heterocycles. The van der Waals surface area contributed by atoms with Gasteiger partial charge < -0.3 is 19.5 Å². The molecule has 1 aromatic carbocycles. The van der Waals surface area contributed by atoms with E-state index in [1.54, 1.807) is 24.3 Å². The summed E-state index contributed by atoms with van der Waals surface area (Å²) in [5.41, 5.74) is 0.637. The van der Waals surface area contributed by atoms with Gasteiger partial charge in [-0.3, -0.25) is 19.0 Å². The van der Waals surface area contributed by atoms with Gasteiger partial charge in [0.05, 0.1) is 25.7 Å². The fourth-order valence-corrected chi connectivity index (χ4v) is 2.78. The monoisotopic (exact) mass is 380 g/mol. The Labute approximate surface area is 157 Å². The van der Waals surface area contributed by atoms with Crippen LogP contribution in [-0.4, -0.2) is 27.9 Å². The van der Waals surface area contributed by atoms with E-state index in [-0.39, 0.29) is 31.1 Å². The molecule has 4 aromatic rings. The number of hydrogen-bond acceptors (Lipinski definition) is 6. The summed E-state index contributed by atoms with van der Waals surface area (Å²) in [5, 5.41) is 5.81. The molecule has 9 nitrogen and oxygen atoms in total. The van der Waals surface area contributed by atoms with E-state index in [0.717, 1.165) is 9.95 Å². The van der Waals surface area contributed by atoms with Crippen LogP contribution in [0.3, 0.4) is 0 Å². The standard InChI is InChI=1S/C19H16N4O5/c24-15(20-8-12-4-3-7-27-12)9-21-16(25)10-23-11-22-17-13-5-1-2-6-14(13)28-18(17)19(23)26/h1-7,11H,8-10H2,(H,20,24)(H,21,25). The van der Waals surface area contributed by atoms with Gasteiger partial charge in [-0.2, -0.15) is 0 Å². The van der Waals surface area contributed by atoms with Crippen LogP contribution in [0, 0.1) is 0 Å². The SMILES string of the molecule is O=C(CNC(=O)Cn1cnc2c(oc3ccccc32)c1=O)NCc1ccco1. The van der Waals surface area contributed by atoms with Gasteiger partial charge in [0.15, 0.2) is 0 Å². The third-order valence-electron chi connectivity index (χ3n) is 4.15. The van der Waals surface area contributed by atoms with Crippen LogP contribution in [0.25, 0.3) is 22.1 Å². The molecule has 0 fully saturated rings. The van der Waals surface area contributed by atoms with Crippen molar-refractivity contribution in [2.45, 2.75) is 13.1 Å². The third-order valence-corrected chi connectivity index (χ3v) is 4.15. The van der Waals surface area contributed by atoms with Gasteiger partial charge in [0, 0.05) is 5.39 Å². The van der Waals surface area contributed by atoms with Crippen LogP contribution < -0.4 is 16.2 Å². The van der Waals surface area contributed by atoms with Crippen molar-refractivity contribution in [2.24, 2.45) is 0 Å². The summed E-state index contributed by atoms with van der Waals surface area (Å²) in [4.78, 5) is 40.7. The molecule has 0 aliphatic heterocycles. The van der Waals surface area contributed by atoms with Crippen molar-refractivity contribution in [3.63, 3.8) is 0 Å². The third kappa shape index (κ3) is 3.50. The van der Waals surface area contributed by atoms with Gasteiger partial charge in [-0.05, 0) is 24.3 Å². The molecule has 28 heavy (non-hydrogen) atoms. The number of amides is 2. The van der Waals surface area contributed by atoms with Gasteiger partial charge in [-0.25, -0.2) is 4.98 Å². The molecule has 0 atom stereocenters. The summed E-state index contributed by atoms with van der Waals surface area (Å²) in [7, 11) is 0. The smallest absolute Gasteiger partial charge is 0.297 e. The highest BCUT2D eigenvalue weighted by Crippen LogP contribution is 2.23. The highest BCUT2D eigenvalue weighted by molar-refractivity contribution is 6.01. The first-order valence-corrected chi connectivity index (χ1v) is 8.54. The maximum absolute atomic E-state index is 12.6. The Balaban J connectivity index is 1.39. The molecule has 0 radical (unpaired) electrons. The Kier molecular flexibility index (Phi) is 4.63. The summed E-state index contributed by atoms with van der Waals surface area (Å²) in [6.45, 7) is -0.257. The first-order valence-electron chi connectivity index (χ1n) is 8.54. The Bertz CT molecular complexity index is 1210. The van der Waals surface area contributed by atoms with Gasteiger partial charge in [0.2, 0.25) is 17.4 Å². The number of aromatic nitrogens is 2. The van der Waals surface area contributed by atoms with E-state index in [1.165, 1.54) is 12.6 Å². The van der Waals surface area contributed by atoms with Gasteiger partial charge in [0.25, 0.3) is 5.56 Å². The van der Waals surface area contributed by atoms with Crippen molar-refractivity contribution in [1.29, 1.82) is 0 Å². The molecule has 0 bridgehead atoms. The minimum absolute atomic E-state index is 0.0905. The molecule has 2 N–H and O–H groups in total. The summed E-state index contributed by atoms with van der Waals surface area (Å²) >= 11 is 0. The second-order valence-corrected chi connectivity index (χ2v) is 6.09. The Morgan fingerprint density at radius 2 is 1.93 bits per heavy atom. The summed E-state index contributed by atoms with van der Waals surface area (Å²) in [6.07, 6.45) is 2.80. The summed E-state index contributed by atoms with van der Waals surface area (Å²) < 4.78 is 11.8. The Morgan fingerprint density at radius 3 is 2.75 bits per heavy atom. The average Bonchev–Trinajstić information content (AvgIpc) is 3.35. The van der Waals surface area contributed by atoms with E-state index in [4.69, 9.17) is 8.83 Å². The van der Waals surface area contributed by atoms with E-state index < -0.39 is 11.5 Å². The topological polar surface area (TPSA) is 119 Å². The lowest BCUT2D eigenvalue weighted by Crippen LogP contribution is -2.39. The highest BCUT2D eigenvalue weighted by atomic mass is 16.3. The summed E-state index contributed by atoms with van der Waals surface area (Å²) in [6, 6.07) is 10.6. The fourth-order valence-electron chi connectivity index (χ4n) is 2.78. The molecule has 9 heteroatoms. The van der Waals surface area contributed by atoms with Crippen LogP contribution in [0.2, 0.25) is 0 Å². The number of carbonyl (C=O) groups is 2. The first-order chi connectivity index (χ1) is 13.6. The van der Waals surface area contributed by atoms with Gasteiger partial charge in [-0.15, -0.1) is 0 Å². The highest BCUT2D eigenvalue weighted by Gasteiger charge is 2.15. The average molecular weight is 380 g/mol. The molecule has 0 unspecified atom stereocenters. The van der Waals surface area contributed by atoms with Crippen molar-refractivity contribution in [3.05, 3.63) is 65.1 Å². The minimum atomic E-state index is -0.493. The number of nitrogens with one attached hydrogen (secondary N) is 2. The van der Waals surface area contributed by atoms with E-state index in [2.05, 4.69) is 15.6 Å². The van der Waals surface area contributed by atoms with Crippen molar-refractivity contribution < 1.29 is 18.4 Å². The molecule has 0 spiro atoms. The lowest BCUT2D eigenvalue weighted by atomic mass is 10.2. The number of fused-ring (bicyclic) bond motifs is 3. The molecule has 0 saturated carbocycles. The molecule has 0 aliphatic carbocycles. The number of hydrogen-bond donors (Lipinski definition) is 2. The van der Waals surface area contributed by atoms with Crippen LogP contribution in [0.15, 0.2) is 62.6 Å². The molecule has 142 valence electrons. The van der Waals surface area contributed by atoms with Gasteiger partial charge >= 0.3 is 0 Å². The Morgan fingerprint density at radius 1 is 1.07 bits per heavy atom. The lowest BCUT2D eigenvalue weighted by Gasteiger charge is -2.07. The summed E-state index contributed by atoms with van der Waals surface area (Å²) in [5.74, 6) is -0.257. The zero-order valence-corrected chi connectivity index (χ0v) is 14.7. The maximum atomic E-state index is 12.6. The molecule has 3 heterocycles. The van der Waals surface area contributed by atoms with Crippen LogP contribution in [-0.2, 0) is 22.7 Å². The van der Waals surface area contributed by atoms with E-state index >= 15 is 0 Å². The molecular formula is C19H16N4O5. The van der Waals surface area contributed by atoms with Gasteiger partial charge in [0.1, 0.15) is 23.4 Å². The van der Waals surface area contributed by atoms with E-state index in [0.29, 0.717) is 16.9 Å². The largest absolute Gasteiger partial charge is 0.467 e. The minimum Gasteiger partial charge on any atom is -0.467 e.